The molecular weight excluding hydrogens is 711 g/mol. The fourth-order valence-corrected chi connectivity index (χ4v) is 9.80. The molecule has 4 aliphatic carbocycles. The van der Waals surface area contributed by atoms with Crippen molar-refractivity contribution in [2.24, 2.45) is 35.0 Å². The number of likely N-dealkylation sites (tertiary alicyclic amines) is 1. The van der Waals surface area contributed by atoms with E-state index in [4.69, 9.17) is 0 Å². The topological polar surface area (TPSA) is 183 Å². The number of fused-ring (bicyclic) bond motifs is 2. The van der Waals surface area contributed by atoms with Gasteiger partial charge < -0.3 is 31.3 Å². The Balaban J connectivity index is 1.15. The van der Waals surface area contributed by atoms with Crippen LogP contribution in [0.3, 0.4) is 0 Å². The van der Waals surface area contributed by atoms with E-state index in [0.29, 0.717) is 31.7 Å². The monoisotopic (exact) mass is 767 g/mol. The van der Waals surface area contributed by atoms with Gasteiger partial charge in [-0.25, -0.2) is 4.98 Å². The molecule has 5 N–H and O–H groups in total. The number of carbonyl (C=O) groups is 5. The summed E-state index contributed by atoms with van der Waals surface area (Å²) in [6.07, 6.45) is 13.3. The molecule has 13 heteroatoms. The summed E-state index contributed by atoms with van der Waals surface area (Å²) >= 11 is 0. The third-order valence-corrected chi connectivity index (χ3v) is 13.3. The van der Waals surface area contributed by atoms with Gasteiger partial charge in [0.15, 0.2) is 6.10 Å². The Kier molecular flexibility index (Phi) is 11.9. The smallest absolute Gasteiger partial charge is 0.272 e. The van der Waals surface area contributed by atoms with E-state index in [1.165, 1.54) is 24.7 Å². The summed E-state index contributed by atoms with van der Waals surface area (Å²) in [5, 5.41) is 22.9. The van der Waals surface area contributed by atoms with Gasteiger partial charge in [0.1, 0.15) is 23.8 Å². The second kappa shape index (κ2) is 16.8. The predicted molar refractivity (Wildman–Crippen MR) is 208 cm³/mol. The number of rotatable bonds is 16. The highest BCUT2D eigenvalue weighted by atomic mass is 16.3. The van der Waals surface area contributed by atoms with E-state index in [1.807, 2.05) is 24.3 Å². The van der Waals surface area contributed by atoms with Gasteiger partial charge in [-0.3, -0.25) is 29.0 Å². The van der Waals surface area contributed by atoms with Gasteiger partial charge in [-0.05, 0) is 84.7 Å². The van der Waals surface area contributed by atoms with E-state index >= 15 is 4.79 Å². The Labute approximate surface area is 329 Å². The molecule has 5 aliphatic rings. The second-order valence-corrected chi connectivity index (χ2v) is 17.4. The molecule has 2 heterocycles. The normalized spacial score (nSPS) is 24.8. The summed E-state index contributed by atoms with van der Waals surface area (Å²) in [5.41, 5.74) is 2.14. The quantitative estimate of drug-likeness (QED) is 0.162. The Hall–Kier alpha value is -4.65. The lowest BCUT2D eigenvalue weighted by Gasteiger charge is -2.37. The van der Waals surface area contributed by atoms with Crippen LogP contribution in [0.25, 0.3) is 0 Å². The van der Waals surface area contributed by atoms with Crippen molar-refractivity contribution in [2.45, 2.75) is 115 Å². The summed E-state index contributed by atoms with van der Waals surface area (Å²) < 4.78 is 0. The Morgan fingerprint density at radius 2 is 1.64 bits per heavy atom. The molecule has 4 fully saturated rings. The van der Waals surface area contributed by atoms with E-state index < -0.39 is 53.9 Å². The number of benzene rings is 1. The number of nitrogens with zero attached hydrogens (tertiary/aromatic N) is 3. The van der Waals surface area contributed by atoms with Gasteiger partial charge in [0.25, 0.3) is 11.8 Å². The summed E-state index contributed by atoms with van der Waals surface area (Å²) in [5.74, 6) is -2.19. The van der Waals surface area contributed by atoms with Crippen molar-refractivity contribution in [1.29, 1.82) is 0 Å². The zero-order valence-corrected chi connectivity index (χ0v) is 32.6. The van der Waals surface area contributed by atoms with Crippen molar-refractivity contribution in [3.8, 4) is 0 Å². The minimum atomic E-state index is -1.47. The number of aliphatic hydroxyl groups is 1. The molecule has 2 aromatic rings. The highest BCUT2D eigenvalue weighted by Crippen LogP contribution is 2.65. The lowest BCUT2D eigenvalue weighted by atomic mass is 9.83. The third-order valence-electron chi connectivity index (χ3n) is 13.3. The number of aliphatic hydroxyl groups excluding tert-OH is 1. The minimum Gasteiger partial charge on any atom is -0.381 e. The highest BCUT2D eigenvalue weighted by Gasteiger charge is 2.70. The predicted octanol–water partition coefficient (Wildman–Crippen LogP) is 2.88. The van der Waals surface area contributed by atoms with Crippen LogP contribution in [0.5, 0.6) is 0 Å². The molecule has 56 heavy (non-hydrogen) atoms. The zero-order valence-electron chi connectivity index (χ0n) is 32.6. The van der Waals surface area contributed by atoms with Crippen LogP contribution in [0, 0.1) is 35.0 Å². The number of hydrogen-bond acceptors (Lipinski definition) is 8. The molecule has 5 amide bonds. The molecule has 7 atom stereocenters. The molecule has 3 saturated carbocycles. The molecule has 1 aromatic heterocycles. The number of nitrogens with one attached hydrogen (secondary N) is 4. The fourth-order valence-electron chi connectivity index (χ4n) is 9.80. The van der Waals surface area contributed by atoms with E-state index in [2.05, 4.69) is 51.7 Å². The maximum atomic E-state index is 15.1. The number of aromatic nitrogens is 2. The average molecular weight is 768 g/mol. The van der Waals surface area contributed by atoms with Gasteiger partial charge in [-0.15, -0.1) is 6.58 Å². The van der Waals surface area contributed by atoms with E-state index in [-0.39, 0.29) is 47.2 Å². The third kappa shape index (κ3) is 8.52. The van der Waals surface area contributed by atoms with Crippen molar-refractivity contribution in [3.05, 3.63) is 72.3 Å². The first-order chi connectivity index (χ1) is 27.0. The first-order valence-corrected chi connectivity index (χ1v) is 20.6. The standard InChI is InChI=1S/C43H57N7O6/c1-4-18-46-41(55)37(51)31(17-16-25-14-15-25)47-40(54)36-33-30(43(33,2)3)24-50(36)42(56)35(29-21-27-12-8-9-13-28(27)22-29)49-39(53)34(26-10-6-5-7-11-26)48-38(52)32-23-44-19-20-45-32/h4,8-9,12-13,19-20,23,25-26,29-31,33-37,51H,1,5-7,10-11,14-18,21-22,24H2,2-3H3,(H,46,55)(H,47,54)(H,48,52)(H,49,53)/t30-,31?,33-,34-,35-,36-,37?/m0/s1. The molecule has 0 spiro atoms. The van der Waals surface area contributed by atoms with Crippen LogP contribution >= 0.6 is 0 Å². The van der Waals surface area contributed by atoms with Crippen molar-refractivity contribution >= 4 is 29.5 Å². The van der Waals surface area contributed by atoms with Crippen molar-refractivity contribution in [1.82, 2.24) is 36.1 Å². The largest absolute Gasteiger partial charge is 0.381 e. The average Bonchev–Trinajstić information content (AvgIpc) is 3.99. The molecular formula is C43H57N7O6. The molecule has 0 radical (unpaired) electrons. The second-order valence-electron chi connectivity index (χ2n) is 17.4. The maximum Gasteiger partial charge on any atom is 0.272 e. The summed E-state index contributed by atoms with van der Waals surface area (Å²) in [4.78, 5) is 80.3. The summed E-state index contributed by atoms with van der Waals surface area (Å²) in [6.45, 7) is 8.38. The molecule has 1 aliphatic heterocycles. The molecule has 1 aromatic carbocycles. The van der Waals surface area contributed by atoms with E-state index in [0.717, 1.165) is 62.5 Å². The van der Waals surface area contributed by atoms with Crippen molar-refractivity contribution in [2.75, 3.05) is 13.1 Å². The van der Waals surface area contributed by atoms with Crippen LogP contribution in [-0.4, -0.2) is 92.9 Å². The lowest BCUT2D eigenvalue weighted by molar-refractivity contribution is -0.145. The van der Waals surface area contributed by atoms with Crippen LogP contribution in [0.1, 0.15) is 93.3 Å². The molecule has 2 unspecified atom stereocenters. The number of amides is 5. The van der Waals surface area contributed by atoms with Crippen LogP contribution in [0.2, 0.25) is 0 Å². The fraction of sp³-hybridized carbons (Fsp3) is 0.605. The maximum absolute atomic E-state index is 15.1. The number of piperidine rings is 1. The van der Waals surface area contributed by atoms with E-state index in [9.17, 15) is 24.3 Å². The van der Waals surface area contributed by atoms with Gasteiger partial charge in [0, 0.05) is 25.5 Å². The van der Waals surface area contributed by atoms with E-state index in [1.54, 1.807) is 4.90 Å². The van der Waals surface area contributed by atoms with Crippen molar-refractivity contribution < 1.29 is 29.1 Å². The van der Waals surface area contributed by atoms with Gasteiger partial charge in [0.05, 0.1) is 12.2 Å². The van der Waals surface area contributed by atoms with Gasteiger partial charge in [-0.1, -0.05) is 76.3 Å². The van der Waals surface area contributed by atoms with Crippen LogP contribution in [-0.2, 0) is 32.0 Å². The molecule has 13 nitrogen and oxygen atoms in total. The van der Waals surface area contributed by atoms with Crippen LogP contribution in [0.15, 0.2) is 55.5 Å². The number of hydrogen-bond donors (Lipinski definition) is 5. The highest BCUT2D eigenvalue weighted by molar-refractivity contribution is 5.98. The van der Waals surface area contributed by atoms with Gasteiger partial charge >= 0.3 is 0 Å². The molecule has 0 bridgehead atoms. The minimum absolute atomic E-state index is 0.0753. The van der Waals surface area contributed by atoms with Gasteiger partial charge in [0.2, 0.25) is 17.7 Å². The molecule has 7 rings (SSSR count). The summed E-state index contributed by atoms with van der Waals surface area (Å²) in [7, 11) is 0. The first kappa shape index (κ1) is 39.6. The van der Waals surface area contributed by atoms with Crippen LogP contribution in [0.4, 0.5) is 0 Å². The summed E-state index contributed by atoms with van der Waals surface area (Å²) in [6, 6.07) is 4.50. The van der Waals surface area contributed by atoms with Gasteiger partial charge in [-0.2, -0.15) is 0 Å². The lowest BCUT2D eigenvalue weighted by Crippen LogP contribution is -2.62. The Morgan fingerprint density at radius 1 is 0.929 bits per heavy atom. The molecule has 1 saturated heterocycles. The first-order valence-electron chi connectivity index (χ1n) is 20.6. The molecule has 300 valence electrons. The Morgan fingerprint density at radius 3 is 2.29 bits per heavy atom. The Bertz CT molecular complexity index is 1770. The van der Waals surface area contributed by atoms with Crippen molar-refractivity contribution in [3.63, 3.8) is 0 Å². The zero-order chi connectivity index (χ0) is 39.6. The SMILES string of the molecule is C=CCNC(=O)C(O)C(CCC1CC1)NC(=O)[C@@H]1[C@@H]2[C@H](CN1C(=O)[C@@H](NC(=O)[C@@H](NC(=O)c1cnccn1)C1CCCCC1)C1Cc3ccccc3C1)C2(C)C. The number of carbonyl (C=O) groups excluding carboxylic acids is 5. The van der Waals surface area contributed by atoms with Crippen LogP contribution < -0.4 is 21.3 Å².